The summed E-state index contributed by atoms with van der Waals surface area (Å²) in [7, 11) is -3.17. The lowest BCUT2D eigenvalue weighted by molar-refractivity contribution is -0.126. The number of nitrogens with two attached hydrogens (primary N) is 1. The van der Waals surface area contributed by atoms with E-state index in [9.17, 15) is 13.2 Å². The Morgan fingerprint density at radius 1 is 1.22 bits per heavy atom. The lowest BCUT2D eigenvalue weighted by Gasteiger charge is -2.26. The molecule has 4 N–H and O–H groups in total. The summed E-state index contributed by atoms with van der Waals surface area (Å²) >= 11 is 0. The first-order chi connectivity index (χ1) is 8.42. The SMILES string of the molecule is CS(=O)(=O)NCCNC(=O)C1CCC(CN)CC1. The third-order valence-electron chi connectivity index (χ3n) is 3.34. The first kappa shape index (κ1) is 15.4. The van der Waals surface area contributed by atoms with E-state index in [1.54, 1.807) is 0 Å². The molecule has 1 rings (SSSR count). The van der Waals surface area contributed by atoms with Crippen molar-refractivity contribution < 1.29 is 13.2 Å². The minimum atomic E-state index is -3.17. The van der Waals surface area contributed by atoms with Crippen LogP contribution >= 0.6 is 0 Å². The van der Waals surface area contributed by atoms with Gasteiger partial charge in [-0.25, -0.2) is 13.1 Å². The minimum Gasteiger partial charge on any atom is -0.355 e. The molecule has 0 unspecified atom stereocenters. The third kappa shape index (κ3) is 5.79. The van der Waals surface area contributed by atoms with Crippen molar-refractivity contribution in [3.05, 3.63) is 0 Å². The van der Waals surface area contributed by atoms with Crippen LogP contribution in [0.5, 0.6) is 0 Å². The third-order valence-corrected chi connectivity index (χ3v) is 4.07. The maximum Gasteiger partial charge on any atom is 0.223 e. The second-order valence-corrected chi connectivity index (χ2v) is 6.74. The summed E-state index contributed by atoms with van der Waals surface area (Å²) in [6, 6.07) is 0. The lowest BCUT2D eigenvalue weighted by Crippen LogP contribution is -2.38. The highest BCUT2D eigenvalue weighted by Crippen LogP contribution is 2.27. The van der Waals surface area contributed by atoms with E-state index in [0.29, 0.717) is 19.0 Å². The first-order valence-electron chi connectivity index (χ1n) is 6.35. The number of carbonyl (C=O) groups excluding carboxylic acids is 1. The smallest absolute Gasteiger partial charge is 0.223 e. The maximum absolute atomic E-state index is 11.8. The molecule has 0 heterocycles. The Bertz CT molecular complexity index is 362. The molecular weight excluding hydrogens is 254 g/mol. The fraction of sp³-hybridized carbons (Fsp3) is 0.909. The summed E-state index contributed by atoms with van der Waals surface area (Å²) in [5.74, 6) is 0.646. The van der Waals surface area contributed by atoms with Crippen LogP contribution in [0.15, 0.2) is 0 Å². The minimum absolute atomic E-state index is 0.0285. The van der Waals surface area contributed by atoms with Crippen molar-refractivity contribution in [3.8, 4) is 0 Å². The zero-order valence-electron chi connectivity index (χ0n) is 10.8. The van der Waals surface area contributed by atoms with Crippen molar-refractivity contribution in [3.63, 3.8) is 0 Å². The highest BCUT2D eigenvalue weighted by molar-refractivity contribution is 7.88. The Hall–Kier alpha value is -0.660. The first-order valence-corrected chi connectivity index (χ1v) is 8.24. The van der Waals surface area contributed by atoms with Gasteiger partial charge < -0.3 is 11.1 Å². The van der Waals surface area contributed by atoms with Gasteiger partial charge >= 0.3 is 0 Å². The molecule has 0 aromatic rings. The molecule has 1 fully saturated rings. The molecule has 0 atom stereocenters. The predicted octanol–water partition coefficient (Wildman–Crippen LogP) is -0.583. The molecule has 0 radical (unpaired) electrons. The quantitative estimate of drug-likeness (QED) is 0.565. The van der Waals surface area contributed by atoms with E-state index < -0.39 is 10.0 Å². The summed E-state index contributed by atoms with van der Waals surface area (Å²) < 4.78 is 24.0. The van der Waals surface area contributed by atoms with E-state index in [4.69, 9.17) is 5.73 Å². The number of hydrogen-bond donors (Lipinski definition) is 3. The molecule has 0 aromatic carbocycles. The summed E-state index contributed by atoms with van der Waals surface area (Å²) in [5, 5.41) is 2.76. The number of rotatable bonds is 6. The molecule has 1 saturated carbocycles. The van der Waals surface area contributed by atoms with Crippen LogP contribution in [0, 0.1) is 11.8 Å². The molecule has 0 aromatic heterocycles. The average Bonchev–Trinajstić information content (AvgIpc) is 2.33. The van der Waals surface area contributed by atoms with Crippen LogP contribution in [0.1, 0.15) is 25.7 Å². The lowest BCUT2D eigenvalue weighted by atomic mass is 9.81. The average molecular weight is 277 g/mol. The van der Waals surface area contributed by atoms with E-state index in [2.05, 4.69) is 10.0 Å². The van der Waals surface area contributed by atoms with Crippen LogP contribution in [0.4, 0.5) is 0 Å². The van der Waals surface area contributed by atoms with Crippen LogP contribution < -0.4 is 15.8 Å². The summed E-state index contributed by atoms with van der Waals surface area (Å²) in [6.45, 7) is 1.28. The monoisotopic (exact) mass is 277 g/mol. The number of hydrogen-bond acceptors (Lipinski definition) is 4. The number of carbonyl (C=O) groups is 1. The van der Waals surface area contributed by atoms with E-state index >= 15 is 0 Å². The van der Waals surface area contributed by atoms with Crippen LogP contribution in [0.2, 0.25) is 0 Å². The van der Waals surface area contributed by atoms with Crippen LogP contribution in [-0.4, -0.2) is 40.2 Å². The molecule has 0 aliphatic heterocycles. The van der Waals surface area contributed by atoms with Gasteiger partial charge in [-0.05, 0) is 38.1 Å². The van der Waals surface area contributed by atoms with Crippen LogP contribution in [0.3, 0.4) is 0 Å². The van der Waals surface area contributed by atoms with E-state index in [-0.39, 0.29) is 18.4 Å². The second-order valence-electron chi connectivity index (χ2n) is 4.91. The fourth-order valence-electron chi connectivity index (χ4n) is 2.23. The Balaban J connectivity index is 2.18. The molecule has 6 nitrogen and oxygen atoms in total. The highest BCUT2D eigenvalue weighted by Gasteiger charge is 2.25. The Morgan fingerprint density at radius 2 is 1.83 bits per heavy atom. The molecular formula is C11H23N3O3S. The highest BCUT2D eigenvalue weighted by atomic mass is 32.2. The van der Waals surface area contributed by atoms with Gasteiger partial charge in [-0.3, -0.25) is 4.79 Å². The van der Waals surface area contributed by atoms with Crippen molar-refractivity contribution in [2.75, 3.05) is 25.9 Å². The summed E-state index contributed by atoms with van der Waals surface area (Å²) in [5.41, 5.74) is 5.60. The normalized spacial score (nSPS) is 24.8. The molecule has 1 aliphatic carbocycles. The van der Waals surface area contributed by atoms with Gasteiger partial charge in [0.25, 0.3) is 0 Å². The van der Waals surface area contributed by atoms with Gasteiger partial charge in [-0.1, -0.05) is 0 Å². The Kier molecular flexibility index (Phi) is 6.04. The van der Waals surface area contributed by atoms with Crippen molar-refractivity contribution in [2.45, 2.75) is 25.7 Å². The van der Waals surface area contributed by atoms with Crippen molar-refractivity contribution in [1.29, 1.82) is 0 Å². The standard InChI is InChI=1S/C11H23N3O3S/c1-18(16,17)14-7-6-13-11(15)10-4-2-9(8-12)3-5-10/h9-10,14H,2-8,12H2,1H3,(H,13,15). The van der Waals surface area contributed by atoms with E-state index in [1.807, 2.05) is 0 Å². The van der Waals surface area contributed by atoms with Crippen molar-refractivity contribution in [2.24, 2.45) is 17.6 Å². The maximum atomic E-state index is 11.8. The topological polar surface area (TPSA) is 101 Å². The molecule has 106 valence electrons. The van der Waals surface area contributed by atoms with Gasteiger partial charge in [0.1, 0.15) is 0 Å². The molecule has 0 spiro atoms. The zero-order chi connectivity index (χ0) is 13.6. The fourth-order valence-corrected chi connectivity index (χ4v) is 2.70. The van der Waals surface area contributed by atoms with Gasteiger partial charge in [-0.15, -0.1) is 0 Å². The molecule has 0 saturated heterocycles. The molecule has 7 heteroatoms. The molecule has 1 aliphatic rings. The van der Waals surface area contributed by atoms with E-state index in [0.717, 1.165) is 31.9 Å². The van der Waals surface area contributed by atoms with Gasteiger partial charge in [0.15, 0.2) is 0 Å². The molecule has 1 amide bonds. The second kappa shape index (κ2) is 7.06. The Morgan fingerprint density at radius 3 is 2.33 bits per heavy atom. The van der Waals surface area contributed by atoms with Crippen molar-refractivity contribution >= 4 is 15.9 Å². The van der Waals surface area contributed by atoms with E-state index in [1.165, 1.54) is 0 Å². The molecule has 0 bridgehead atoms. The van der Waals surface area contributed by atoms with Gasteiger partial charge in [0, 0.05) is 19.0 Å². The largest absolute Gasteiger partial charge is 0.355 e. The predicted molar refractivity (Wildman–Crippen MR) is 70.4 cm³/mol. The number of sulfonamides is 1. The molecule has 18 heavy (non-hydrogen) atoms. The Labute approximate surface area is 109 Å². The zero-order valence-corrected chi connectivity index (χ0v) is 11.6. The number of amides is 1. The summed E-state index contributed by atoms with van der Waals surface area (Å²) in [6.07, 6.45) is 4.88. The summed E-state index contributed by atoms with van der Waals surface area (Å²) in [4.78, 5) is 11.8. The van der Waals surface area contributed by atoms with Gasteiger partial charge in [-0.2, -0.15) is 0 Å². The van der Waals surface area contributed by atoms with Crippen molar-refractivity contribution in [1.82, 2.24) is 10.0 Å². The van der Waals surface area contributed by atoms with Crippen LogP contribution in [-0.2, 0) is 14.8 Å². The number of nitrogens with one attached hydrogen (secondary N) is 2. The van der Waals surface area contributed by atoms with Crippen LogP contribution in [0.25, 0.3) is 0 Å². The van der Waals surface area contributed by atoms with Gasteiger partial charge in [0.05, 0.1) is 6.26 Å². The van der Waals surface area contributed by atoms with Gasteiger partial charge in [0.2, 0.25) is 15.9 Å².